The zero-order valence-electron chi connectivity index (χ0n) is 7.89. The topological polar surface area (TPSA) is 65.5 Å². The Labute approximate surface area is 86.8 Å². The van der Waals surface area contributed by atoms with Crippen molar-refractivity contribution in [1.82, 2.24) is 4.98 Å². The van der Waals surface area contributed by atoms with Crippen molar-refractivity contribution in [3.8, 4) is 0 Å². The van der Waals surface area contributed by atoms with Crippen LogP contribution in [0.5, 0.6) is 0 Å². The second-order valence-corrected chi connectivity index (χ2v) is 5.46. The highest BCUT2D eigenvalue weighted by Gasteiger charge is 2.06. The van der Waals surface area contributed by atoms with E-state index in [9.17, 15) is 8.42 Å². The molecule has 0 spiro atoms. The molecule has 0 aromatic carbocycles. The van der Waals surface area contributed by atoms with Crippen LogP contribution in [-0.4, -0.2) is 26.8 Å². The Morgan fingerprint density at radius 2 is 2.21 bits per heavy atom. The monoisotopic (exact) mass is 237 g/mol. The van der Waals surface area contributed by atoms with Crippen molar-refractivity contribution >= 4 is 21.5 Å². The predicted molar refractivity (Wildman–Crippen MR) is 52.5 cm³/mol. The molecule has 0 fully saturated rings. The maximum absolute atomic E-state index is 10.7. The number of ether oxygens (including phenoxy) is 1. The Hall–Kier alpha value is -0.500. The van der Waals surface area contributed by atoms with E-state index in [1.54, 1.807) is 13.3 Å². The Kier molecular flexibility index (Phi) is 3.99. The normalized spacial score (nSPS) is 11.9. The van der Waals surface area contributed by atoms with Crippen LogP contribution >= 0.6 is 11.3 Å². The average Bonchev–Trinajstić information content (AvgIpc) is 2.49. The van der Waals surface area contributed by atoms with E-state index in [0.29, 0.717) is 11.6 Å². The largest absolute Gasteiger partial charge is 0.379 e. The van der Waals surface area contributed by atoms with Crippen LogP contribution in [0, 0.1) is 0 Å². The van der Waals surface area contributed by atoms with Gasteiger partial charge in [0.25, 0.3) is 10.1 Å². The molecule has 0 aliphatic carbocycles. The van der Waals surface area contributed by atoms with Gasteiger partial charge in [-0.3, -0.25) is 4.18 Å². The van der Waals surface area contributed by atoms with Gasteiger partial charge in [-0.2, -0.15) is 8.42 Å². The smallest absolute Gasteiger partial charge is 0.264 e. The molecule has 5 nitrogen and oxygen atoms in total. The summed E-state index contributed by atoms with van der Waals surface area (Å²) in [7, 11) is -1.80. The number of methoxy groups -OCH3 is 1. The maximum atomic E-state index is 10.7. The highest BCUT2D eigenvalue weighted by atomic mass is 32.2. The highest BCUT2D eigenvalue weighted by molar-refractivity contribution is 7.85. The van der Waals surface area contributed by atoms with Crippen molar-refractivity contribution in [1.29, 1.82) is 0 Å². The van der Waals surface area contributed by atoms with E-state index in [4.69, 9.17) is 4.74 Å². The van der Waals surface area contributed by atoms with Gasteiger partial charge in [0.1, 0.15) is 11.6 Å². The first kappa shape index (κ1) is 11.6. The second kappa shape index (κ2) is 4.83. The second-order valence-electron chi connectivity index (χ2n) is 2.62. The number of hydrogen-bond acceptors (Lipinski definition) is 6. The molecular formula is C7H11NO4S2. The molecule has 0 radical (unpaired) electrons. The lowest BCUT2D eigenvalue weighted by atomic mass is 10.6. The highest BCUT2D eigenvalue weighted by Crippen LogP contribution is 2.15. The first-order valence-electron chi connectivity index (χ1n) is 3.78. The van der Waals surface area contributed by atoms with Crippen LogP contribution in [0.3, 0.4) is 0 Å². The Morgan fingerprint density at radius 3 is 2.79 bits per heavy atom. The van der Waals surface area contributed by atoms with Crippen LogP contribution in [0.1, 0.15) is 9.88 Å². The molecule has 1 rings (SSSR count). The summed E-state index contributed by atoms with van der Waals surface area (Å²) < 4.78 is 30.8. The van der Waals surface area contributed by atoms with E-state index in [0.717, 1.165) is 11.1 Å². The third kappa shape index (κ3) is 4.14. The summed E-state index contributed by atoms with van der Waals surface area (Å²) in [5, 5.41) is 0.627. The van der Waals surface area contributed by atoms with Crippen molar-refractivity contribution in [2.45, 2.75) is 13.2 Å². The molecule has 1 aromatic heterocycles. The van der Waals surface area contributed by atoms with Crippen molar-refractivity contribution < 1.29 is 17.3 Å². The molecule has 0 bridgehead atoms. The summed E-state index contributed by atoms with van der Waals surface area (Å²) in [6.45, 7) is 0.476. The molecule has 0 amide bonds. The third-order valence-electron chi connectivity index (χ3n) is 1.28. The summed E-state index contributed by atoms with van der Waals surface area (Å²) in [5.41, 5.74) is 0. The Balaban J connectivity index is 2.52. The van der Waals surface area contributed by atoms with Gasteiger partial charge in [-0.1, -0.05) is 0 Å². The molecule has 80 valence electrons. The molecular weight excluding hydrogens is 226 g/mol. The number of thiazole rings is 1. The van der Waals surface area contributed by atoms with Gasteiger partial charge in [-0.25, -0.2) is 4.98 Å². The zero-order valence-corrected chi connectivity index (χ0v) is 9.52. The van der Waals surface area contributed by atoms with Crippen molar-refractivity contribution in [2.24, 2.45) is 0 Å². The van der Waals surface area contributed by atoms with Gasteiger partial charge in [0, 0.05) is 13.3 Å². The third-order valence-corrected chi connectivity index (χ3v) is 2.77. The van der Waals surface area contributed by atoms with Gasteiger partial charge in [-0.05, 0) is 0 Å². The Bertz CT molecular complexity index is 384. The molecule has 0 aliphatic heterocycles. The lowest BCUT2D eigenvalue weighted by Crippen LogP contribution is -2.02. The van der Waals surface area contributed by atoms with Gasteiger partial charge < -0.3 is 4.74 Å². The summed E-state index contributed by atoms with van der Waals surface area (Å²) >= 11 is 1.37. The average molecular weight is 237 g/mol. The summed E-state index contributed by atoms with van der Waals surface area (Å²) in [6, 6.07) is 0. The molecule has 0 atom stereocenters. The van der Waals surface area contributed by atoms with Crippen molar-refractivity contribution in [3.05, 3.63) is 16.1 Å². The fourth-order valence-corrected chi connectivity index (χ4v) is 1.99. The van der Waals surface area contributed by atoms with Crippen molar-refractivity contribution in [3.63, 3.8) is 0 Å². The fraction of sp³-hybridized carbons (Fsp3) is 0.571. The molecule has 0 unspecified atom stereocenters. The number of aromatic nitrogens is 1. The standard InChI is InChI=1S/C7H11NO4S2/c1-11-4-6-3-8-7(13-6)5-12-14(2,9)10/h3H,4-5H2,1-2H3. The van der Waals surface area contributed by atoms with Crippen LogP contribution < -0.4 is 0 Å². The lowest BCUT2D eigenvalue weighted by molar-refractivity contribution is 0.187. The van der Waals surface area contributed by atoms with Crippen LogP contribution in [0.25, 0.3) is 0 Å². The van der Waals surface area contributed by atoms with E-state index in [1.165, 1.54) is 11.3 Å². The SMILES string of the molecule is COCc1cnc(COS(C)(=O)=O)s1. The molecule has 1 aromatic rings. The van der Waals surface area contributed by atoms with Gasteiger partial charge >= 0.3 is 0 Å². The van der Waals surface area contributed by atoms with Gasteiger partial charge in [0.05, 0.1) is 17.7 Å². The number of hydrogen-bond donors (Lipinski definition) is 0. The van der Waals surface area contributed by atoms with Gasteiger partial charge in [0.2, 0.25) is 0 Å². The van der Waals surface area contributed by atoms with Gasteiger partial charge in [0.15, 0.2) is 0 Å². The summed E-state index contributed by atoms with van der Waals surface area (Å²) in [5.74, 6) is 0. The van der Waals surface area contributed by atoms with E-state index in [-0.39, 0.29) is 6.61 Å². The molecule has 0 N–H and O–H groups in total. The number of nitrogens with zero attached hydrogens (tertiary/aromatic N) is 1. The van der Waals surface area contributed by atoms with E-state index in [2.05, 4.69) is 9.17 Å². The first-order chi connectivity index (χ1) is 6.51. The minimum absolute atomic E-state index is 0.00673. The minimum Gasteiger partial charge on any atom is -0.379 e. The Morgan fingerprint density at radius 1 is 1.50 bits per heavy atom. The molecule has 1 heterocycles. The maximum Gasteiger partial charge on any atom is 0.264 e. The lowest BCUT2D eigenvalue weighted by Gasteiger charge is -1.96. The van der Waals surface area contributed by atoms with Crippen LogP contribution in [0.2, 0.25) is 0 Å². The van der Waals surface area contributed by atoms with E-state index >= 15 is 0 Å². The summed E-state index contributed by atoms with van der Waals surface area (Å²) in [6.07, 6.45) is 2.66. The predicted octanol–water partition coefficient (Wildman–Crippen LogP) is 0.766. The van der Waals surface area contributed by atoms with Crippen LogP contribution in [0.4, 0.5) is 0 Å². The number of rotatable bonds is 5. The van der Waals surface area contributed by atoms with Crippen LogP contribution in [0.15, 0.2) is 6.20 Å². The van der Waals surface area contributed by atoms with Crippen molar-refractivity contribution in [2.75, 3.05) is 13.4 Å². The van der Waals surface area contributed by atoms with Gasteiger partial charge in [-0.15, -0.1) is 11.3 Å². The minimum atomic E-state index is -3.39. The summed E-state index contributed by atoms with van der Waals surface area (Å²) in [4.78, 5) is 4.93. The quantitative estimate of drug-likeness (QED) is 0.707. The molecule has 14 heavy (non-hydrogen) atoms. The zero-order chi connectivity index (χ0) is 10.6. The molecule has 0 saturated carbocycles. The van der Waals surface area contributed by atoms with E-state index < -0.39 is 10.1 Å². The first-order valence-corrected chi connectivity index (χ1v) is 6.41. The molecule has 0 saturated heterocycles. The van der Waals surface area contributed by atoms with E-state index in [1.807, 2.05) is 0 Å². The molecule has 0 aliphatic rings. The molecule has 7 heteroatoms. The van der Waals surface area contributed by atoms with Crippen LogP contribution in [-0.2, 0) is 32.3 Å². The fourth-order valence-electron chi connectivity index (χ4n) is 0.781.